The van der Waals surface area contributed by atoms with Crippen LogP contribution in [0, 0.1) is 6.92 Å². The Kier molecular flexibility index (Phi) is 2.58. The molecule has 0 atom stereocenters. The number of hydrogen-bond acceptors (Lipinski definition) is 2. The molecule has 1 aromatic heterocycles. The van der Waals surface area contributed by atoms with E-state index >= 15 is 0 Å². The maximum Gasteiger partial charge on any atom is 0.137 e. The molecule has 2 heteroatoms. The van der Waals surface area contributed by atoms with Gasteiger partial charge in [0.25, 0.3) is 0 Å². The van der Waals surface area contributed by atoms with Crippen LogP contribution in [-0.2, 0) is 6.42 Å². The fourth-order valence-corrected chi connectivity index (χ4v) is 1.75. The summed E-state index contributed by atoms with van der Waals surface area (Å²) in [6.07, 6.45) is 1.83. The standard InChI is InChI=1S/C13H15NO/c1-3-4-12-13(15)8-10-7-9(2)5-6-11(10)14-12/h5-8,15H,3-4H2,1-2H3. The van der Waals surface area contributed by atoms with Crippen LogP contribution in [0.3, 0.4) is 0 Å². The summed E-state index contributed by atoms with van der Waals surface area (Å²) in [4.78, 5) is 4.46. The molecular formula is C13H15NO. The quantitative estimate of drug-likeness (QED) is 0.809. The number of fused-ring (bicyclic) bond motifs is 1. The normalized spacial score (nSPS) is 10.8. The minimum absolute atomic E-state index is 0.315. The van der Waals surface area contributed by atoms with Crippen molar-refractivity contribution >= 4 is 10.9 Å². The molecule has 1 N–H and O–H groups in total. The van der Waals surface area contributed by atoms with E-state index in [1.54, 1.807) is 6.07 Å². The predicted octanol–water partition coefficient (Wildman–Crippen LogP) is 3.20. The summed E-state index contributed by atoms with van der Waals surface area (Å²) in [5.74, 6) is 0.315. The summed E-state index contributed by atoms with van der Waals surface area (Å²) in [5, 5.41) is 10.8. The summed E-state index contributed by atoms with van der Waals surface area (Å²) in [6, 6.07) is 7.89. The molecule has 1 aromatic carbocycles. The molecule has 0 saturated heterocycles. The molecule has 78 valence electrons. The van der Waals surface area contributed by atoms with Gasteiger partial charge < -0.3 is 5.11 Å². The number of aromatic nitrogens is 1. The highest BCUT2D eigenvalue weighted by Crippen LogP contribution is 2.23. The third-order valence-electron chi connectivity index (χ3n) is 2.51. The average Bonchev–Trinajstić information content (AvgIpc) is 2.20. The van der Waals surface area contributed by atoms with Gasteiger partial charge in [-0.1, -0.05) is 25.0 Å². The largest absolute Gasteiger partial charge is 0.506 e. The van der Waals surface area contributed by atoms with Gasteiger partial charge in [-0.15, -0.1) is 0 Å². The van der Waals surface area contributed by atoms with Gasteiger partial charge in [-0.2, -0.15) is 0 Å². The number of aryl methyl sites for hydroxylation is 2. The van der Waals surface area contributed by atoms with Crippen molar-refractivity contribution in [3.63, 3.8) is 0 Å². The molecule has 0 fully saturated rings. The van der Waals surface area contributed by atoms with Crippen molar-refractivity contribution in [3.8, 4) is 5.75 Å². The number of nitrogens with zero attached hydrogens (tertiary/aromatic N) is 1. The molecular weight excluding hydrogens is 186 g/mol. The Morgan fingerprint density at radius 1 is 1.27 bits per heavy atom. The van der Waals surface area contributed by atoms with Crippen LogP contribution in [-0.4, -0.2) is 10.1 Å². The lowest BCUT2D eigenvalue weighted by Gasteiger charge is -2.05. The van der Waals surface area contributed by atoms with Gasteiger partial charge in [-0.05, 0) is 31.5 Å². The lowest BCUT2D eigenvalue weighted by molar-refractivity contribution is 0.465. The van der Waals surface area contributed by atoms with Crippen LogP contribution in [0.15, 0.2) is 24.3 Å². The summed E-state index contributed by atoms with van der Waals surface area (Å²) in [7, 11) is 0. The molecule has 0 aliphatic heterocycles. The predicted molar refractivity (Wildman–Crippen MR) is 62.1 cm³/mol. The van der Waals surface area contributed by atoms with Crippen LogP contribution in [0.1, 0.15) is 24.6 Å². The van der Waals surface area contributed by atoms with Crippen molar-refractivity contribution in [1.29, 1.82) is 0 Å². The maximum atomic E-state index is 9.77. The van der Waals surface area contributed by atoms with Gasteiger partial charge >= 0.3 is 0 Å². The minimum Gasteiger partial charge on any atom is -0.506 e. The molecule has 0 aliphatic carbocycles. The molecule has 2 aromatic rings. The first kappa shape index (κ1) is 9.97. The van der Waals surface area contributed by atoms with E-state index in [0.29, 0.717) is 5.75 Å². The third-order valence-corrected chi connectivity index (χ3v) is 2.51. The number of aromatic hydroxyl groups is 1. The monoisotopic (exact) mass is 201 g/mol. The topological polar surface area (TPSA) is 33.1 Å². The Morgan fingerprint density at radius 2 is 2.07 bits per heavy atom. The number of pyridine rings is 1. The number of hydrogen-bond donors (Lipinski definition) is 1. The first-order valence-electron chi connectivity index (χ1n) is 5.30. The van der Waals surface area contributed by atoms with E-state index in [1.165, 1.54) is 5.56 Å². The van der Waals surface area contributed by atoms with Crippen molar-refractivity contribution in [2.45, 2.75) is 26.7 Å². The highest BCUT2D eigenvalue weighted by atomic mass is 16.3. The van der Waals surface area contributed by atoms with Gasteiger partial charge in [-0.3, -0.25) is 0 Å². The van der Waals surface area contributed by atoms with E-state index in [9.17, 15) is 5.11 Å². The van der Waals surface area contributed by atoms with Crippen molar-refractivity contribution in [1.82, 2.24) is 4.98 Å². The van der Waals surface area contributed by atoms with Crippen LogP contribution in [0.4, 0.5) is 0 Å². The zero-order valence-electron chi connectivity index (χ0n) is 9.12. The molecule has 2 rings (SSSR count). The van der Waals surface area contributed by atoms with Gasteiger partial charge in [-0.25, -0.2) is 4.98 Å². The van der Waals surface area contributed by atoms with Crippen molar-refractivity contribution in [2.75, 3.05) is 0 Å². The zero-order valence-corrected chi connectivity index (χ0v) is 9.12. The summed E-state index contributed by atoms with van der Waals surface area (Å²) >= 11 is 0. The van der Waals surface area contributed by atoms with Crippen LogP contribution in [0.2, 0.25) is 0 Å². The smallest absolute Gasteiger partial charge is 0.137 e. The molecule has 0 saturated carbocycles. The second-order valence-electron chi connectivity index (χ2n) is 3.90. The SMILES string of the molecule is CCCc1nc2ccc(C)cc2cc1O. The maximum absolute atomic E-state index is 9.77. The molecule has 0 bridgehead atoms. The van der Waals surface area contributed by atoms with Gasteiger partial charge in [0.2, 0.25) is 0 Å². The van der Waals surface area contributed by atoms with Crippen LogP contribution >= 0.6 is 0 Å². The van der Waals surface area contributed by atoms with E-state index in [0.717, 1.165) is 29.4 Å². The van der Waals surface area contributed by atoms with Crippen molar-refractivity contribution in [2.24, 2.45) is 0 Å². The molecule has 1 heterocycles. The zero-order chi connectivity index (χ0) is 10.8. The van der Waals surface area contributed by atoms with Crippen LogP contribution in [0.25, 0.3) is 10.9 Å². The molecule has 2 nitrogen and oxygen atoms in total. The highest BCUT2D eigenvalue weighted by Gasteiger charge is 2.04. The first-order valence-corrected chi connectivity index (χ1v) is 5.30. The first-order chi connectivity index (χ1) is 7.20. The van der Waals surface area contributed by atoms with E-state index in [2.05, 4.69) is 11.9 Å². The number of benzene rings is 1. The van der Waals surface area contributed by atoms with E-state index in [-0.39, 0.29) is 0 Å². The highest BCUT2D eigenvalue weighted by molar-refractivity contribution is 5.81. The van der Waals surface area contributed by atoms with E-state index in [1.807, 2.05) is 25.1 Å². The summed E-state index contributed by atoms with van der Waals surface area (Å²) in [5.41, 5.74) is 2.95. The van der Waals surface area contributed by atoms with Crippen LogP contribution < -0.4 is 0 Å². The van der Waals surface area contributed by atoms with Gasteiger partial charge in [0.15, 0.2) is 0 Å². The Morgan fingerprint density at radius 3 is 2.80 bits per heavy atom. The van der Waals surface area contributed by atoms with Gasteiger partial charge in [0.05, 0.1) is 11.2 Å². The fraction of sp³-hybridized carbons (Fsp3) is 0.308. The second kappa shape index (κ2) is 3.89. The van der Waals surface area contributed by atoms with Gasteiger partial charge in [0, 0.05) is 5.39 Å². The van der Waals surface area contributed by atoms with Crippen molar-refractivity contribution in [3.05, 3.63) is 35.5 Å². The van der Waals surface area contributed by atoms with E-state index < -0.39 is 0 Å². The minimum atomic E-state index is 0.315. The summed E-state index contributed by atoms with van der Waals surface area (Å²) in [6.45, 7) is 4.12. The number of rotatable bonds is 2. The summed E-state index contributed by atoms with van der Waals surface area (Å²) < 4.78 is 0. The molecule has 0 unspecified atom stereocenters. The Hall–Kier alpha value is -1.57. The Bertz CT molecular complexity index is 491. The lowest BCUT2D eigenvalue weighted by atomic mass is 10.1. The van der Waals surface area contributed by atoms with Crippen LogP contribution in [0.5, 0.6) is 5.75 Å². The molecule has 15 heavy (non-hydrogen) atoms. The molecule has 0 spiro atoms. The lowest BCUT2D eigenvalue weighted by Crippen LogP contribution is -1.91. The van der Waals surface area contributed by atoms with Gasteiger partial charge in [0.1, 0.15) is 5.75 Å². The van der Waals surface area contributed by atoms with E-state index in [4.69, 9.17) is 0 Å². The average molecular weight is 201 g/mol. The Labute approximate surface area is 89.6 Å². The Balaban J connectivity index is 2.60. The molecule has 0 radical (unpaired) electrons. The second-order valence-corrected chi connectivity index (χ2v) is 3.90. The third kappa shape index (κ3) is 1.94. The fourth-order valence-electron chi connectivity index (χ4n) is 1.75. The molecule has 0 aliphatic rings. The molecule has 0 amide bonds. The van der Waals surface area contributed by atoms with Crippen molar-refractivity contribution < 1.29 is 5.11 Å².